The number of aromatic nitrogens is 1. The van der Waals surface area contributed by atoms with Crippen LogP contribution in [0.15, 0.2) is 30.5 Å². The van der Waals surface area contributed by atoms with E-state index in [1.165, 1.54) is 7.11 Å². The summed E-state index contributed by atoms with van der Waals surface area (Å²) in [4.78, 5) is 11.7. The molecule has 1 aromatic heterocycles. The molecule has 0 atom stereocenters. The van der Waals surface area contributed by atoms with E-state index in [0.29, 0.717) is 6.54 Å². The van der Waals surface area contributed by atoms with Gasteiger partial charge in [0.1, 0.15) is 5.75 Å². The van der Waals surface area contributed by atoms with Crippen LogP contribution in [0.4, 0.5) is 0 Å². The van der Waals surface area contributed by atoms with Crippen LogP contribution in [0.5, 0.6) is 5.75 Å². The van der Waals surface area contributed by atoms with Crippen molar-refractivity contribution >= 4 is 16.9 Å². The van der Waals surface area contributed by atoms with Gasteiger partial charge in [0.25, 0.3) is 0 Å². The lowest BCUT2D eigenvalue weighted by atomic mass is 9.93. The molecule has 0 spiro atoms. The molecule has 0 saturated carbocycles. The Morgan fingerprint density at radius 1 is 1.26 bits per heavy atom. The first kappa shape index (κ1) is 13.5. The van der Waals surface area contributed by atoms with E-state index in [2.05, 4.69) is 4.57 Å². The monoisotopic (exact) mass is 261 g/mol. The Morgan fingerprint density at radius 3 is 2.63 bits per heavy atom. The van der Waals surface area contributed by atoms with Gasteiger partial charge in [-0.05, 0) is 38.1 Å². The van der Waals surface area contributed by atoms with Crippen LogP contribution in [0, 0.1) is 5.41 Å². The highest BCUT2D eigenvalue weighted by atomic mass is 16.5. The highest BCUT2D eigenvalue weighted by Crippen LogP contribution is 2.26. The zero-order valence-electron chi connectivity index (χ0n) is 11.8. The molecule has 0 N–H and O–H groups in total. The van der Waals surface area contributed by atoms with Crippen LogP contribution in [-0.4, -0.2) is 24.8 Å². The quantitative estimate of drug-likeness (QED) is 0.795. The van der Waals surface area contributed by atoms with Crippen molar-refractivity contribution in [2.45, 2.75) is 20.4 Å². The topological polar surface area (TPSA) is 40.5 Å². The van der Waals surface area contributed by atoms with E-state index in [1.54, 1.807) is 7.11 Å². The summed E-state index contributed by atoms with van der Waals surface area (Å²) in [7, 11) is 3.07. The highest BCUT2D eigenvalue weighted by Gasteiger charge is 2.29. The van der Waals surface area contributed by atoms with Crippen molar-refractivity contribution in [3.05, 3.63) is 30.5 Å². The van der Waals surface area contributed by atoms with Crippen LogP contribution in [0.1, 0.15) is 13.8 Å². The third-order valence-corrected chi connectivity index (χ3v) is 3.28. The van der Waals surface area contributed by atoms with Gasteiger partial charge in [0, 0.05) is 23.6 Å². The van der Waals surface area contributed by atoms with Crippen molar-refractivity contribution in [3.63, 3.8) is 0 Å². The largest absolute Gasteiger partial charge is 0.497 e. The predicted octanol–water partition coefficient (Wildman–Crippen LogP) is 2.85. The molecule has 2 rings (SSSR count). The summed E-state index contributed by atoms with van der Waals surface area (Å²) in [6.07, 6.45) is 1.98. The summed E-state index contributed by atoms with van der Waals surface area (Å²) in [6.45, 7) is 4.35. The van der Waals surface area contributed by atoms with Gasteiger partial charge in [-0.15, -0.1) is 0 Å². The smallest absolute Gasteiger partial charge is 0.313 e. The second-order valence-electron chi connectivity index (χ2n) is 5.24. The Kier molecular flexibility index (Phi) is 3.51. The van der Waals surface area contributed by atoms with Crippen molar-refractivity contribution in [1.29, 1.82) is 0 Å². The van der Waals surface area contributed by atoms with Crippen molar-refractivity contribution in [2.24, 2.45) is 5.41 Å². The summed E-state index contributed by atoms with van der Waals surface area (Å²) in [6, 6.07) is 7.92. The minimum atomic E-state index is -0.555. The molecule has 0 aliphatic carbocycles. The Hall–Kier alpha value is -1.97. The van der Waals surface area contributed by atoms with E-state index in [4.69, 9.17) is 9.47 Å². The normalized spacial score (nSPS) is 11.6. The number of methoxy groups -OCH3 is 2. The second-order valence-corrected chi connectivity index (χ2v) is 5.24. The van der Waals surface area contributed by atoms with Crippen LogP contribution in [0.25, 0.3) is 10.9 Å². The van der Waals surface area contributed by atoms with Crippen molar-refractivity contribution < 1.29 is 14.3 Å². The number of benzene rings is 1. The number of fused-ring (bicyclic) bond motifs is 1. The number of hydrogen-bond acceptors (Lipinski definition) is 3. The zero-order valence-corrected chi connectivity index (χ0v) is 11.8. The molecule has 0 amide bonds. The molecule has 0 bridgehead atoms. The zero-order chi connectivity index (χ0) is 14.0. The first-order valence-corrected chi connectivity index (χ1v) is 6.19. The van der Waals surface area contributed by atoms with Gasteiger partial charge in [0.15, 0.2) is 0 Å². The summed E-state index contributed by atoms with van der Waals surface area (Å²) in [5.41, 5.74) is 0.526. The predicted molar refractivity (Wildman–Crippen MR) is 74.3 cm³/mol. The Labute approximate surface area is 112 Å². The number of ether oxygens (including phenoxy) is 2. The standard InChI is InChI=1S/C15H19NO3/c1-15(2,14(17)19-4)10-16-8-7-11-9-12(18-3)5-6-13(11)16/h5-9H,10H2,1-4H3. The highest BCUT2D eigenvalue weighted by molar-refractivity contribution is 5.82. The van der Waals surface area contributed by atoms with Crippen LogP contribution < -0.4 is 4.74 Å². The maximum absolute atomic E-state index is 11.7. The number of hydrogen-bond donors (Lipinski definition) is 0. The lowest BCUT2D eigenvalue weighted by molar-refractivity contribution is -0.151. The Bertz CT molecular complexity index is 598. The Balaban J connectivity index is 2.34. The summed E-state index contributed by atoms with van der Waals surface area (Å²) in [5.74, 6) is 0.625. The molecule has 4 heteroatoms. The maximum atomic E-state index is 11.7. The fourth-order valence-electron chi connectivity index (χ4n) is 2.21. The van der Waals surface area contributed by atoms with Gasteiger partial charge in [-0.25, -0.2) is 0 Å². The maximum Gasteiger partial charge on any atom is 0.313 e. The van der Waals surface area contributed by atoms with Crippen LogP contribution in [-0.2, 0) is 16.1 Å². The number of rotatable bonds is 4. The van der Waals surface area contributed by atoms with Crippen LogP contribution >= 0.6 is 0 Å². The molecule has 102 valence electrons. The first-order chi connectivity index (χ1) is 8.97. The van der Waals surface area contributed by atoms with Gasteiger partial charge in [-0.3, -0.25) is 4.79 Å². The molecule has 0 radical (unpaired) electrons. The fourth-order valence-corrected chi connectivity index (χ4v) is 2.21. The van der Waals surface area contributed by atoms with E-state index in [0.717, 1.165) is 16.7 Å². The van der Waals surface area contributed by atoms with Crippen LogP contribution in [0.2, 0.25) is 0 Å². The first-order valence-electron chi connectivity index (χ1n) is 6.19. The van der Waals surface area contributed by atoms with Crippen molar-refractivity contribution in [1.82, 2.24) is 4.57 Å². The van der Waals surface area contributed by atoms with E-state index >= 15 is 0 Å². The Morgan fingerprint density at radius 2 is 2.00 bits per heavy atom. The molecule has 0 aliphatic rings. The van der Waals surface area contributed by atoms with E-state index in [1.807, 2.05) is 44.3 Å². The molecule has 19 heavy (non-hydrogen) atoms. The average molecular weight is 261 g/mol. The second kappa shape index (κ2) is 4.96. The number of carbonyl (C=O) groups excluding carboxylic acids is 1. The molecule has 0 unspecified atom stereocenters. The van der Waals surface area contributed by atoms with E-state index in [9.17, 15) is 4.79 Å². The molecular formula is C15H19NO3. The molecule has 1 heterocycles. The third kappa shape index (κ3) is 2.57. The van der Waals surface area contributed by atoms with Crippen molar-refractivity contribution in [2.75, 3.05) is 14.2 Å². The van der Waals surface area contributed by atoms with Gasteiger partial charge in [0.2, 0.25) is 0 Å². The number of nitrogens with zero attached hydrogens (tertiary/aromatic N) is 1. The summed E-state index contributed by atoms with van der Waals surface area (Å²) in [5, 5.41) is 1.10. The summed E-state index contributed by atoms with van der Waals surface area (Å²) >= 11 is 0. The van der Waals surface area contributed by atoms with Gasteiger partial charge in [0.05, 0.1) is 19.6 Å². The van der Waals surface area contributed by atoms with Gasteiger partial charge >= 0.3 is 5.97 Å². The molecule has 2 aromatic rings. The molecule has 1 aromatic carbocycles. The van der Waals surface area contributed by atoms with E-state index < -0.39 is 5.41 Å². The van der Waals surface area contributed by atoms with Crippen LogP contribution in [0.3, 0.4) is 0 Å². The molecule has 0 aliphatic heterocycles. The number of carbonyl (C=O) groups is 1. The number of esters is 1. The lowest BCUT2D eigenvalue weighted by Gasteiger charge is -2.22. The molecule has 4 nitrogen and oxygen atoms in total. The van der Waals surface area contributed by atoms with Crippen molar-refractivity contribution in [3.8, 4) is 5.75 Å². The SMILES string of the molecule is COC(=O)C(C)(C)Cn1ccc2cc(OC)ccc21. The molecular weight excluding hydrogens is 242 g/mol. The average Bonchev–Trinajstić information content (AvgIpc) is 2.79. The van der Waals surface area contributed by atoms with Gasteiger partial charge < -0.3 is 14.0 Å². The minimum Gasteiger partial charge on any atom is -0.497 e. The fraction of sp³-hybridized carbons (Fsp3) is 0.400. The summed E-state index contributed by atoms with van der Waals surface area (Å²) < 4.78 is 12.1. The van der Waals surface area contributed by atoms with Gasteiger partial charge in [-0.1, -0.05) is 0 Å². The lowest BCUT2D eigenvalue weighted by Crippen LogP contribution is -2.30. The third-order valence-electron chi connectivity index (χ3n) is 3.28. The minimum absolute atomic E-state index is 0.206. The van der Waals surface area contributed by atoms with E-state index in [-0.39, 0.29) is 5.97 Å². The molecule has 0 fully saturated rings. The molecule has 0 saturated heterocycles. The van der Waals surface area contributed by atoms with Gasteiger partial charge in [-0.2, -0.15) is 0 Å².